The number of nitrogens with zero attached hydrogens (tertiary/aromatic N) is 4. The standard InChI is InChI=1S/C28H28N6O/c1-18-14-21(6-5-13-29)15-19(2)25(18)33-27-24(26(35)22-7-3-4-8-22)17-31-28(34-27)32-23-11-9-20(16-30)10-12-23/h5-6,9-12,14-15,17,22,26,35H,3-4,7-8H2,1-2H3,(H2,31,32,33,34)/b6-5+. The zero-order chi connectivity index (χ0) is 24.8. The summed E-state index contributed by atoms with van der Waals surface area (Å²) < 4.78 is 0. The van der Waals surface area contributed by atoms with Gasteiger partial charge >= 0.3 is 0 Å². The SMILES string of the molecule is Cc1cc(/C=C/C#N)cc(C)c1Nc1nc(Nc2ccc(C#N)cc2)ncc1C(O)C1CCCC1. The van der Waals surface area contributed by atoms with Gasteiger partial charge in [-0.2, -0.15) is 15.5 Å². The van der Waals surface area contributed by atoms with E-state index in [-0.39, 0.29) is 5.92 Å². The number of nitriles is 2. The second-order valence-electron chi connectivity index (χ2n) is 8.92. The molecule has 1 aliphatic rings. The van der Waals surface area contributed by atoms with Crippen LogP contribution in [0.15, 0.2) is 48.7 Å². The van der Waals surface area contributed by atoms with Crippen molar-refractivity contribution >= 4 is 29.2 Å². The molecule has 3 aromatic rings. The summed E-state index contributed by atoms with van der Waals surface area (Å²) in [5.74, 6) is 1.14. The van der Waals surface area contributed by atoms with Crippen molar-refractivity contribution in [1.29, 1.82) is 10.5 Å². The Morgan fingerprint density at radius 1 is 1.06 bits per heavy atom. The number of hydrogen-bond acceptors (Lipinski definition) is 7. The Kier molecular flexibility index (Phi) is 7.40. The molecule has 1 aromatic heterocycles. The molecule has 3 N–H and O–H groups in total. The number of rotatable bonds is 7. The molecule has 35 heavy (non-hydrogen) atoms. The number of allylic oxidation sites excluding steroid dienone is 1. The van der Waals surface area contributed by atoms with Gasteiger partial charge in [0.05, 0.1) is 23.8 Å². The van der Waals surface area contributed by atoms with Gasteiger partial charge in [-0.25, -0.2) is 4.98 Å². The van der Waals surface area contributed by atoms with Crippen molar-refractivity contribution in [2.24, 2.45) is 5.92 Å². The van der Waals surface area contributed by atoms with Gasteiger partial charge in [0.1, 0.15) is 5.82 Å². The van der Waals surface area contributed by atoms with Gasteiger partial charge in [-0.1, -0.05) is 12.8 Å². The molecular formula is C28H28N6O. The van der Waals surface area contributed by atoms with Crippen molar-refractivity contribution in [2.75, 3.05) is 10.6 Å². The van der Waals surface area contributed by atoms with E-state index in [9.17, 15) is 5.11 Å². The Morgan fingerprint density at radius 2 is 1.74 bits per heavy atom. The second-order valence-corrected chi connectivity index (χ2v) is 8.92. The number of nitrogens with one attached hydrogen (secondary N) is 2. The Bertz CT molecular complexity index is 1290. The van der Waals surface area contributed by atoms with Crippen molar-refractivity contribution in [3.63, 3.8) is 0 Å². The summed E-state index contributed by atoms with van der Waals surface area (Å²) in [5.41, 5.74) is 5.88. The summed E-state index contributed by atoms with van der Waals surface area (Å²) in [7, 11) is 0. The average Bonchev–Trinajstić information content (AvgIpc) is 3.40. The van der Waals surface area contributed by atoms with Gasteiger partial charge in [-0.15, -0.1) is 0 Å². The molecule has 4 rings (SSSR count). The molecule has 176 valence electrons. The van der Waals surface area contributed by atoms with Crippen LogP contribution in [0.25, 0.3) is 6.08 Å². The molecule has 1 fully saturated rings. The Labute approximate surface area is 205 Å². The molecule has 1 saturated carbocycles. The van der Waals surface area contributed by atoms with Crippen molar-refractivity contribution in [3.05, 3.63) is 76.5 Å². The molecule has 2 aromatic carbocycles. The first-order valence-electron chi connectivity index (χ1n) is 11.7. The van der Waals surface area contributed by atoms with E-state index in [1.807, 2.05) is 32.0 Å². The van der Waals surface area contributed by atoms with Gasteiger partial charge in [0.25, 0.3) is 0 Å². The van der Waals surface area contributed by atoms with E-state index in [2.05, 4.69) is 21.7 Å². The summed E-state index contributed by atoms with van der Waals surface area (Å²) in [6, 6.07) is 15.2. The lowest BCUT2D eigenvalue weighted by atomic mass is 9.95. The van der Waals surface area contributed by atoms with Crippen LogP contribution in [0.3, 0.4) is 0 Å². The van der Waals surface area contributed by atoms with E-state index in [0.29, 0.717) is 22.9 Å². The molecule has 0 saturated heterocycles. The lowest BCUT2D eigenvalue weighted by molar-refractivity contribution is 0.112. The van der Waals surface area contributed by atoms with Crippen LogP contribution in [-0.4, -0.2) is 15.1 Å². The normalized spacial score (nSPS) is 14.4. The van der Waals surface area contributed by atoms with Crippen LogP contribution in [0.4, 0.5) is 23.1 Å². The molecule has 0 bridgehead atoms. The van der Waals surface area contributed by atoms with Crippen LogP contribution in [0, 0.1) is 42.4 Å². The number of hydrogen-bond donors (Lipinski definition) is 3. The molecule has 0 radical (unpaired) electrons. The molecule has 1 atom stereocenters. The van der Waals surface area contributed by atoms with E-state index >= 15 is 0 Å². The van der Waals surface area contributed by atoms with Crippen LogP contribution in [0.2, 0.25) is 0 Å². The summed E-state index contributed by atoms with van der Waals surface area (Å²) in [4.78, 5) is 9.21. The van der Waals surface area contributed by atoms with Gasteiger partial charge in [-0.3, -0.25) is 0 Å². The third kappa shape index (κ3) is 5.66. The Morgan fingerprint density at radius 3 is 2.37 bits per heavy atom. The topological polar surface area (TPSA) is 118 Å². The predicted octanol–water partition coefficient (Wildman–Crippen LogP) is 6.21. The van der Waals surface area contributed by atoms with Crippen LogP contribution in [0.1, 0.15) is 59.6 Å². The predicted molar refractivity (Wildman–Crippen MR) is 137 cm³/mol. The quantitative estimate of drug-likeness (QED) is 0.356. The number of benzene rings is 2. The van der Waals surface area contributed by atoms with Gasteiger partial charge in [-0.05, 0) is 91.8 Å². The molecule has 1 aliphatic carbocycles. The van der Waals surface area contributed by atoms with E-state index in [0.717, 1.165) is 53.7 Å². The minimum absolute atomic E-state index is 0.192. The molecule has 0 amide bonds. The fourth-order valence-corrected chi connectivity index (χ4v) is 4.59. The number of aromatic nitrogens is 2. The molecule has 0 aliphatic heterocycles. The first-order chi connectivity index (χ1) is 17.0. The van der Waals surface area contributed by atoms with E-state index in [1.54, 1.807) is 36.5 Å². The summed E-state index contributed by atoms with van der Waals surface area (Å²) in [6.07, 6.45) is 8.51. The Hall–Kier alpha value is -4.20. The van der Waals surface area contributed by atoms with Crippen molar-refractivity contribution in [1.82, 2.24) is 9.97 Å². The third-order valence-electron chi connectivity index (χ3n) is 6.40. The van der Waals surface area contributed by atoms with Crippen LogP contribution < -0.4 is 10.6 Å². The lowest BCUT2D eigenvalue weighted by Crippen LogP contribution is -2.14. The highest BCUT2D eigenvalue weighted by Gasteiger charge is 2.28. The van der Waals surface area contributed by atoms with Gasteiger partial charge in [0.15, 0.2) is 0 Å². The van der Waals surface area contributed by atoms with E-state index in [4.69, 9.17) is 15.5 Å². The fourth-order valence-electron chi connectivity index (χ4n) is 4.59. The van der Waals surface area contributed by atoms with E-state index < -0.39 is 6.10 Å². The van der Waals surface area contributed by atoms with Crippen molar-refractivity contribution < 1.29 is 5.11 Å². The highest BCUT2D eigenvalue weighted by Crippen LogP contribution is 2.39. The molecular weight excluding hydrogens is 436 g/mol. The zero-order valence-electron chi connectivity index (χ0n) is 19.9. The largest absolute Gasteiger partial charge is 0.388 e. The van der Waals surface area contributed by atoms with Crippen molar-refractivity contribution in [2.45, 2.75) is 45.6 Å². The number of aliphatic hydroxyl groups is 1. The van der Waals surface area contributed by atoms with E-state index in [1.165, 1.54) is 6.08 Å². The zero-order valence-corrected chi connectivity index (χ0v) is 19.9. The molecule has 0 spiro atoms. The van der Waals surface area contributed by atoms with Gasteiger partial charge < -0.3 is 15.7 Å². The lowest BCUT2D eigenvalue weighted by Gasteiger charge is -2.22. The first kappa shape index (κ1) is 23.9. The number of aliphatic hydroxyl groups excluding tert-OH is 1. The highest BCUT2D eigenvalue weighted by molar-refractivity contribution is 5.71. The summed E-state index contributed by atoms with van der Waals surface area (Å²) in [6.45, 7) is 4.01. The van der Waals surface area contributed by atoms with Crippen molar-refractivity contribution in [3.8, 4) is 12.1 Å². The minimum Gasteiger partial charge on any atom is -0.388 e. The number of anilines is 4. The molecule has 1 heterocycles. The molecule has 1 unspecified atom stereocenters. The maximum absolute atomic E-state index is 11.2. The smallest absolute Gasteiger partial charge is 0.229 e. The number of aryl methyl sites for hydroxylation is 2. The van der Waals surface area contributed by atoms with Crippen LogP contribution >= 0.6 is 0 Å². The van der Waals surface area contributed by atoms with Crippen LogP contribution in [-0.2, 0) is 0 Å². The minimum atomic E-state index is -0.651. The van der Waals surface area contributed by atoms with Gasteiger partial charge in [0.2, 0.25) is 5.95 Å². The monoisotopic (exact) mass is 464 g/mol. The average molecular weight is 465 g/mol. The highest BCUT2D eigenvalue weighted by atomic mass is 16.3. The third-order valence-corrected chi connectivity index (χ3v) is 6.40. The van der Waals surface area contributed by atoms with Gasteiger partial charge in [0, 0.05) is 29.2 Å². The Balaban J connectivity index is 1.69. The first-order valence-corrected chi connectivity index (χ1v) is 11.7. The molecule has 7 heteroatoms. The van der Waals surface area contributed by atoms with Crippen LogP contribution in [0.5, 0.6) is 0 Å². The fraction of sp³-hybridized carbons (Fsp3) is 0.286. The maximum Gasteiger partial charge on any atom is 0.229 e. The summed E-state index contributed by atoms with van der Waals surface area (Å²) in [5, 5.41) is 35.7. The molecule has 7 nitrogen and oxygen atoms in total. The second kappa shape index (κ2) is 10.8. The summed E-state index contributed by atoms with van der Waals surface area (Å²) >= 11 is 0. The maximum atomic E-state index is 11.2.